The number of piperazine rings is 1. The van der Waals surface area contributed by atoms with E-state index in [4.69, 9.17) is 4.52 Å². The van der Waals surface area contributed by atoms with Gasteiger partial charge >= 0.3 is 0 Å². The van der Waals surface area contributed by atoms with Crippen molar-refractivity contribution >= 4 is 5.91 Å². The summed E-state index contributed by atoms with van der Waals surface area (Å²) in [7, 11) is 2.11. The maximum atomic E-state index is 12.9. The maximum Gasteiger partial charge on any atom is 0.226 e. The van der Waals surface area contributed by atoms with Crippen molar-refractivity contribution in [3.8, 4) is 11.4 Å². The van der Waals surface area contributed by atoms with Crippen LogP contribution in [0, 0.1) is 0 Å². The summed E-state index contributed by atoms with van der Waals surface area (Å²) >= 11 is 0. The van der Waals surface area contributed by atoms with Gasteiger partial charge in [-0.3, -0.25) is 4.79 Å². The number of carbonyl (C=O) groups excluding carboxylic acids is 1. The first kappa shape index (κ1) is 19.3. The molecule has 29 heavy (non-hydrogen) atoms. The highest BCUT2D eigenvalue weighted by Gasteiger charge is 2.29. The molecule has 1 atom stereocenters. The van der Waals surface area contributed by atoms with Crippen LogP contribution in [0.3, 0.4) is 0 Å². The number of likely N-dealkylation sites (N-methyl/N-ethyl adjacent to an activating group) is 1. The van der Waals surface area contributed by atoms with Crippen LogP contribution in [0.2, 0.25) is 0 Å². The van der Waals surface area contributed by atoms with Gasteiger partial charge in [0.1, 0.15) is 0 Å². The molecule has 2 heterocycles. The van der Waals surface area contributed by atoms with Crippen molar-refractivity contribution in [2.24, 2.45) is 0 Å². The van der Waals surface area contributed by atoms with Gasteiger partial charge in [0.15, 0.2) is 0 Å². The smallest absolute Gasteiger partial charge is 0.226 e. The highest BCUT2D eigenvalue weighted by molar-refractivity contribution is 5.77. The molecule has 0 radical (unpaired) electrons. The van der Waals surface area contributed by atoms with Crippen LogP contribution in [-0.4, -0.2) is 52.5 Å². The van der Waals surface area contributed by atoms with Gasteiger partial charge in [0.2, 0.25) is 17.6 Å². The normalized spacial score (nSPS) is 17.4. The third-order valence-corrected chi connectivity index (χ3v) is 5.37. The summed E-state index contributed by atoms with van der Waals surface area (Å²) in [5.41, 5.74) is 2.12. The van der Waals surface area contributed by atoms with Gasteiger partial charge in [0.05, 0.1) is 6.04 Å². The lowest BCUT2D eigenvalue weighted by Crippen LogP contribution is -2.49. The van der Waals surface area contributed by atoms with Crippen LogP contribution in [0.15, 0.2) is 65.2 Å². The molecule has 0 N–H and O–H groups in total. The number of hydrogen-bond acceptors (Lipinski definition) is 5. The molecule has 1 aliphatic heterocycles. The number of carbonyl (C=O) groups is 1. The first-order chi connectivity index (χ1) is 14.2. The Morgan fingerprint density at radius 2 is 1.79 bits per heavy atom. The Hall–Kier alpha value is -2.99. The zero-order chi connectivity index (χ0) is 20.1. The fourth-order valence-electron chi connectivity index (χ4n) is 3.77. The quantitative estimate of drug-likeness (QED) is 0.644. The predicted molar refractivity (Wildman–Crippen MR) is 111 cm³/mol. The largest absolute Gasteiger partial charge is 0.339 e. The Morgan fingerprint density at radius 3 is 2.55 bits per heavy atom. The molecule has 2 aromatic carbocycles. The summed E-state index contributed by atoms with van der Waals surface area (Å²) < 4.78 is 5.36. The minimum atomic E-state index is 0.107. The molecule has 0 bridgehead atoms. The van der Waals surface area contributed by atoms with Crippen LogP contribution in [0.1, 0.15) is 30.3 Å². The molecule has 6 heteroatoms. The second-order valence-electron chi connectivity index (χ2n) is 7.51. The second kappa shape index (κ2) is 9.01. The van der Waals surface area contributed by atoms with E-state index in [1.165, 1.54) is 5.56 Å². The lowest BCUT2D eigenvalue weighted by molar-refractivity contribution is -0.136. The molecule has 1 aliphatic rings. The van der Waals surface area contributed by atoms with Crippen LogP contribution >= 0.6 is 0 Å². The Morgan fingerprint density at radius 1 is 1.07 bits per heavy atom. The molecule has 4 rings (SSSR count). The molecule has 150 valence electrons. The molecular weight excluding hydrogens is 364 g/mol. The van der Waals surface area contributed by atoms with Gasteiger partial charge in [0.25, 0.3) is 0 Å². The van der Waals surface area contributed by atoms with E-state index in [9.17, 15) is 4.79 Å². The zero-order valence-electron chi connectivity index (χ0n) is 16.7. The average Bonchev–Trinajstić information content (AvgIpc) is 3.24. The summed E-state index contributed by atoms with van der Waals surface area (Å²) in [5, 5.41) is 4.05. The SMILES string of the molecule is CN1CCN(C(=O)CCCc2nc(-c3ccccc3)no2)[C@@H](c2ccccc2)C1. The van der Waals surface area contributed by atoms with Crippen molar-refractivity contribution in [1.82, 2.24) is 19.9 Å². The van der Waals surface area contributed by atoms with Crippen molar-refractivity contribution in [3.63, 3.8) is 0 Å². The number of hydrogen-bond donors (Lipinski definition) is 0. The molecule has 0 saturated carbocycles. The Kier molecular flexibility index (Phi) is 6.00. The summed E-state index contributed by atoms with van der Waals surface area (Å²) in [6, 6.07) is 20.2. The lowest BCUT2D eigenvalue weighted by Gasteiger charge is -2.40. The van der Waals surface area contributed by atoms with Crippen LogP contribution in [0.4, 0.5) is 0 Å². The van der Waals surface area contributed by atoms with E-state index in [0.29, 0.717) is 31.0 Å². The predicted octanol–water partition coefficient (Wildman–Crippen LogP) is 3.57. The number of aromatic nitrogens is 2. The third kappa shape index (κ3) is 4.71. The van der Waals surface area contributed by atoms with Crippen molar-refractivity contribution in [2.75, 3.05) is 26.7 Å². The Bertz CT molecular complexity index is 926. The van der Waals surface area contributed by atoms with Crippen molar-refractivity contribution in [2.45, 2.75) is 25.3 Å². The molecule has 1 saturated heterocycles. The van der Waals surface area contributed by atoms with Crippen molar-refractivity contribution in [3.05, 3.63) is 72.1 Å². The van der Waals surface area contributed by atoms with Crippen LogP contribution in [0.5, 0.6) is 0 Å². The van der Waals surface area contributed by atoms with Gasteiger partial charge in [-0.05, 0) is 19.0 Å². The van der Waals surface area contributed by atoms with Gasteiger partial charge in [-0.25, -0.2) is 0 Å². The molecule has 0 spiro atoms. The molecule has 0 aliphatic carbocycles. The summed E-state index contributed by atoms with van der Waals surface area (Å²) in [4.78, 5) is 21.7. The number of nitrogens with zero attached hydrogens (tertiary/aromatic N) is 4. The molecular formula is C23H26N4O2. The molecule has 0 unspecified atom stereocenters. The Balaban J connectivity index is 1.35. The zero-order valence-corrected chi connectivity index (χ0v) is 16.7. The van der Waals surface area contributed by atoms with Crippen LogP contribution < -0.4 is 0 Å². The lowest BCUT2D eigenvalue weighted by atomic mass is 10.0. The molecule has 1 aromatic heterocycles. The standard InChI is InChI=1S/C23H26N4O2/c1-26-15-16-27(20(17-26)18-9-4-2-5-10-18)22(28)14-8-13-21-24-23(25-29-21)19-11-6-3-7-12-19/h2-7,9-12,20H,8,13-17H2,1H3/t20-/m1/s1. The number of amides is 1. The van der Waals surface area contributed by atoms with Gasteiger partial charge in [-0.2, -0.15) is 4.98 Å². The molecule has 6 nitrogen and oxygen atoms in total. The molecule has 1 fully saturated rings. The number of rotatable bonds is 6. The minimum Gasteiger partial charge on any atom is -0.339 e. The summed E-state index contributed by atoms with van der Waals surface area (Å²) in [6.07, 6.45) is 1.79. The number of benzene rings is 2. The van der Waals surface area contributed by atoms with E-state index < -0.39 is 0 Å². The Labute approximate surface area is 171 Å². The fourth-order valence-corrected chi connectivity index (χ4v) is 3.77. The van der Waals surface area contributed by atoms with Crippen molar-refractivity contribution < 1.29 is 9.32 Å². The van der Waals surface area contributed by atoms with Crippen molar-refractivity contribution in [1.29, 1.82) is 0 Å². The summed E-state index contributed by atoms with van der Waals surface area (Å²) in [5.74, 6) is 1.36. The van der Waals surface area contributed by atoms with E-state index in [-0.39, 0.29) is 11.9 Å². The van der Waals surface area contributed by atoms with E-state index in [1.54, 1.807) is 0 Å². The van der Waals surface area contributed by atoms with Gasteiger partial charge in [-0.1, -0.05) is 65.8 Å². The van der Waals surface area contributed by atoms with Gasteiger partial charge in [-0.15, -0.1) is 0 Å². The fraction of sp³-hybridized carbons (Fsp3) is 0.348. The minimum absolute atomic E-state index is 0.107. The number of aryl methyl sites for hydroxylation is 1. The van der Waals surface area contributed by atoms with Crippen LogP contribution in [-0.2, 0) is 11.2 Å². The molecule has 1 amide bonds. The monoisotopic (exact) mass is 390 g/mol. The van der Waals surface area contributed by atoms with E-state index in [0.717, 1.165) is 25.2 Å². The maximum absolute atomic E-state index is 12.9. The highest BCUT2D eigenvalue weighted by atomic mass is 16.5. The van der Waals surface area contributed by atoms with E-state index in [1.807, 2.05) is 53.4 Å². The van der Waals surface area contributed by atoms with Gasteiger partial charge < -0.3 is 14.3 Å². The first-order valence-electron chi connectivity index (χ1n) is 10.1. The topological polar surface area (TPSA) is 62.5 Å². The van der Waals surface area contributed by atoms with E-state index in [2.05, 4.69) is 34.2 Å². The second-order valence-corrected chi connectivity index (χ2v) is 7.51. The van der Waals surface area contributed by atoms with E-state index >= 15 is 0 Å². The average molecular weight is 390 g/mol. The van der Waals surface area contributed by atoms with Crippen LogP contribution in [0.25, 0.3) is 11.4 Å². The summed E-state index contributed by atoms with van der Waals surface area (Å²) in [6.45, 7) is 2.52. The molecule has 3 aromatic rings. The third-order valence-electron chi connectivity index (χ3n) is 5.37. The van der Waals surface area contributed by atoms with Gasteiger partial charge in [0, 0.05) is 38.0 Å². The first-order valence-corrected chi connectivity index (χ1v) is 10.1. The highest BCUT2D eigenvalue weighted by Crippen LogP contribution is 2.26.